The molecule has 0 aliphatic heterocycles. The van der Waals surface area contributed by atoms with Gasteiger partial charge in [0.05, 0.1) is 12.8 Å². The summed E-state index contributed by atoms with van der Waals surface area (Å²) in [6, 6.07) is 12.5. The molecule has 1 aromatic heterocycles. The first kappa shape index (κ1) is 23.0. The number of carbonyl (C=O) groups is 2. The standard InChI is InChI=1S/C23H25N5O3S/c1-23(2,3)15-7-5-14(6-8-15)20(29)28-22(32)26-16-9-10-17(18(13-16)31-4)27-21(30)19-24-11-12-25-19/h5-13H,1-4H3,(H,24,25)(H,27,30)(H2,26,28,29,32). The molecule has 0 fully saturated rings. The Hall–Kier alpha value is -3.72. The Morgan fingerprint density at radius 1 is 1.03 bits per heavy atom. The van der Waals surface area contributed by atoms with E-state index in [9.17, 15) is 9.59 Å². The van der Waals surface area contributed by atoms with Crippen LogP contribution in [0.4, 0.5) is 11.4 Å². The zero-order valence-corrected chi connectivity index (χ0v) is 19.1. The van der Waals surface area contributed by atoms with E-state index in [1.165, 1.54) is 13.3 Å². The summed E-state index contributed by atoms with van der Waals surface area (Å²) >= 11 is 5.27. The minimum absolute atomic E-state index is 0.00844. The van der Waals surface area contributed by atoms with Crippen molar-refractivity contribution in [2.75, 3.05) is 17.7 Å². The molecule has 32 heavy (non-hydrogen) atoms. The Kier molecular flexibility index (Phi) is 6.89. The number of aromatic amines is 1. The Labute approximate surface area is 191 Å². The van der Waals surface area contributed by atoms with E-state index in [1.54, 1.807) is 36.5 Å². The molecule has 8 nitrogen and oxygen atoms in total. The zero-order chi connectivity index (χ0) is 23.3. The first-order valence-corrected chi connectivity index (χ1v) is 10.3. The lowest BCUT2D eigenvalue weighted by molar-refractivity contribution is 0.0976. The number of imidazole rings is 1. The molecule has 0 spiro atoms. The van der Waals surface area contributed by atoms with Crippen LogP contribution in [0.2, 0.25) is 0 Å². The summed E-state index contributed by atoms with van der Waals surface area (Å²) in [6.45, 7) is 6.34. The molecule has 2 aromatic carbocycles. The van der Waals surface area contributed by atoms with Gasteiger partial charge in [0.1, 0.15) is 5.75 Å². The topological polar surface area (TPSA) is 108 Å². The third-order valence-electron chi connectivity index (χ3n) is 4.66. The van der Waals surface area contributed by atoms with E-state index in [-0.39, 0.29) is 22.3 Å². The third-order valence-corrected chi connectivity index (χ3v) is 4.87. The van der Waals surface area contributed by atoms with Crippen LogP contribution in [0.15, 0.2) is 54.9 Å². The number of anilines is 2. The van der Waals surface area contributed by atoms with Gasteiger partial charge in [-0.25, -0.2) is 4.98 Å². The van der Waals surface area contributed by atoms with Gasteiger partial charge in [0.2, 0.25) is 0 Å². The molecule has 4 N–H and O–H groups in total. The Bertz CT molecular complexity index is 1120. The molecule has 9 heteroatoms. The van der Waals surface area contributed by atoms with Crippen molar-refractivity contribution in [2.45, 2.75) is 26.2 Å². The van der Waals surface area contributed by atoms with Gasteiger partial charge < -0.3 is 20.4 Å². The number of nitrogens with one attached hydrogen (secondary N) is 4. The van der Waals surface area contributed by atoms with Gasteiger partial charge in [-0.3, -0.25) is 14.9 Å². The van der Waals surface area contributed by atoms with Gasteiger partial charge in [-0.15, -0.1) is 0 Å². The van der Waals surface area contributed by atoms with E-state index >= 15 is 0 Å². The summed E-state index contributed by atoms with van der Waals surface area (Å²) in [6.07, 6.45) is 3.06. The average molecular weight is 452 g/mol. The molecule has 0 aliphatic rings. The fraction of sp³-hybridized carbons (Fsp3) is 0.217. The molecule has 0 saturated heterocycles. The summed E-state index contributed by atoms with van der Waals surface area (Å²) in [5.41, 5.74) is 2.71. The number of benzene rings is 2. The van der Waals surface area contributed by atoms with Crippen molar-refractivity contribution in [3.05, 3.63) is 71.8 Å². The van der Waals surface area contributed by atoms with E-state index in [0.717, 1.165) is 5.56 Å². The second-order valence-corrected chi connectivity index (χ2v) is 8.45. The number of thiocarbonyl (C=S) groups is 1. The Balaban J connectivity index is 1.63. The predicted molar refractivity (Wildman–Crippen MR) is 128 cm³/mol. The van der Waals surface area contributed by atoms with Crippen LogP contribution in [0, 0.1) is 0 Å². The second-order valence-electron chi connectivity index (χ2n) is 8.04. The number of nitrogens with zero attached hydrogens (tertiary/aromatic N) is 1. The summed E-state index contributed by atoms with van der Waals surface area (Å²) < 4.78 is 5.36. The number of hydrogen-bond donors (Lipinski definition) is 4. The molecule has 0 radical (unpaired) electrons. The molecule has 1 heterocycles. The highest BCUT2D eigenvalue weighted by Crippen LogP contribution is 2.28. The highest BCUT2D eigenvalue weighted by molar-refractivity contribution is 7.80. The van der Waals surface area contributed by atoms with Crippen LogP contribution in [-0.2, 0) is 5.41 Å². The molecule has 0 unspecified atom stereocenters. The minimum atomic E-state index is -0.394. The summed E-state index contributed by atoms with van der Waals surface area (Å²) in [4.78, 5) is 31.3. The van der Waals surface area contributed by atoms with E-state index < -0.39 is 5.91 Å². The fourth-order valence-electron chi connectivity index (χ4n) is 2.90. The lowest BCUT2D eigenvalue weighted by atomic mass is 9.87. The molecule has 3 aromatic rings. The predicted octanol–water partition coefficient (Wildman–Crippen LogP) is 4.09. The van der Waals surface area contributed by atoms with Crippen LogP contribution in [0.5, 0.6) is 5.75 Å². The highest BCUT2D eigenvalue weighted by atomic mass is 32.1. The van der Waals surface area contributed by atoms with E-state index in [1.807, 2.05) is 12.1 Å². The summed E-state index contributed by atoms with van der Waals surface area (Å²) in [5.74, 6) is -0.0954. The maximum absolute atomic E-state index is 12.5. The maximum atomic E-state index is 12.5. The largest absolute Gasteiger partial charge is 0.494 e. The molecule has 0 aliphatic carbocycles. The second kappa shape index (κ2) is 9.61. The van der Waals surface area contributed by atoms with Crippen molar-refractivity contribution >= 4 is 40.5 Å². The monoisotopic (exact) mass is 451 g/mol. The van der Waals surface area contributed by atoms with Crippen LogP contribution < -0.4 is 20.7 Å². The molecule has 3 rings (SSSR count). The minimum Gasteiger partial charge on any atom is -0.494 e. The molecular weight excluding hydrogens is 426 g/mol. The number of H-pyrrole nitrogens is 1. The van der Waals surface area contributed by atoms with Gasteiger partial charge in [-0.05, 0) is 47.5 Å². The third kappa shape index (κ3) is 5.70. The zero-order valence-electron chi connectivity index (χ0n) is 18.3. The van der Waals surface area contributed by atoms with Crippen molar-refractivity contribution < 1.29 is 14.3 Å². The Morgan fingerprint density at radius 2 is 1.75 bits per heavy atom. The van der Waals surface area contributed by atoms with Crippen LogP contribution in [0.1, 0.15) is 47.3 Å². The number of methoxy groups -OCH3 is 1. The fourth-order valence-corrected chi connectivity index (χ4v) is 3.11. The van der Waals surface area contributed by atoms with Crippen LogP contribution in [0.3, 0.4) is 0 Å². The highest BCUT2D eigenvalue weighted by Gasteiger charge is 2.16. The quantitative estimate of drug-likeness (QED) is 0.435. The number of ether oxygens (including phenoxy) is 1. The van der Waals surface area contributed by atoms with Gasteiger partial charge in [-0.2, -0.15) is 0 Å². The molecular formula is C23H25N5O3S. The molecule has 2 amide bonds. The first-order chi connectivity index (χ1) is 15.2. The number of rotatable bonds is 5. The van der Waals surface area contributed by atoms with Crippen LogP contribution >= 0.6 is 12.2 Å². The van der Waals surface area contributed by atoms with E-state index in [0.29, 0.717) is 22.7 Å². The van der Waals surface area contributed by atoms with Gasteiger partial charge in [0.15, 0.2) is 10.9 Å². The lowest BCUT2D eigenvalue weighted by Crippen LogP contribution is -2.34. The number of aromatic nitrogens is 2. The maximum Gasteiger partial charge on any atom is 0.291 e. The van der Waals surface area contributed by atoms with Crippen molar-refractivity contribution in [1.82, 2.24) is 15.3 Å². The molecule has 0 bridgehead atoms. The Morgan fingerprint density at radius 3 is 2.34 bits per heavy atom. The van der Waals surface area contributed by atoms with Crippen molar-refractivity contribution in [2.24, 2.45) is 0 Å². The SMILES string of the molecule is COc1cc(NC(=S)NC(=O)c2ccc(C(C)(C)C)cc2)ccc1NC(=O)c1ncc[nH]1. The number of hydrogen-bond acceptors (Lipinski definition) is 5. The smallest absolute Gasteiger partial charge is 0.291 e. The van der Waals surface area contributed by atoms with Gasteiger partial charge in [-0.1, -0.05) is 32.9 Å². The molecule has 0 saturated carbocycles. The van der Waals surface area contributed by atoms with Crippen molar-refractivity contribution in [1.29, 1.82) is 0 Å². The van der Waals surface area contributed by atoms with Gasteiger partial charge in [0.25, 0.3) is 11.8 Å². The van der Waals surface area contributed by atoms with Gasteiger partial charge >= 0.3 is 0 Å². The first-order valence-electron chi connectivity index (χ1n) is 9.89. The normalized spacial score (nSPS) is 10.9. The van der Waals surface area contributed by atoms with Gasteiger partial charge in [0, 0.05) is 29.7 Å². The van der Waals surface area contributed by atoms with Crippen LogP contribution in [-0.4, -0.2) is 34.0 Å². The number of carbonyl (C=O) groups excluding carboxylic acids is 2. The van der Waals surface area contributed by atoms with Crippen molar-refractivity contribution in [3.63, 3.8) is 0 Å². The van der Waals surface area contributed by atoms with Crippen molar-refractivity contribution in [3.8, 4) is 5.75 Å². The summed E-state index contributed by atoms with van der Waals surface area (Å²) in [7, 11) is 1.49. The van der Waals surface area contributed by atoms with E-state index in [2.05, 4.69) is 46.7 Å². The molecule has 166 valence electrons. The average Bonchev–Trinajstić information content (AvgIpc) is 3.29. The summed E-state index contributed by atoms with van der Waals surface area (Å²) in [5, 5.41) is 8.48. The lowest BCUT2D eigenvalue weighted by Gasteiger charge is -2.19. The molecule has 0 atom stereocenters. The number of amides is 2. The van der Waals surface area contributed by atoms with E-state index in [4.69, 9.17) is 17.0 Å². The van der Waals surface area contributed by atoms with Crippen LogP contribution in [0.25, 0.3) is 0 Å².